The van der Waals surface area contributed by atoms with Gasteiger partial charge in [-0.05, 0) is 24.6 Å². The first-order chi connectivity index (χ1) is 9.10. The normalized spacial score (nSPS) is 10.0. The lowest BCUT2D eigenvalue weighted by atomic mass is 10.1. The van der Waals surface area contributed by atoms with Crippen LogP contribution in [0.15, 0.2) is 35.1 Å². The van der Waals surface area contributed by atoms with Gasteiger partial charge in [0.25, 0.3) is 5.56 Å². The third-order valence-electron chi connectivity index (χ3n) is 2.59. The minimum atomic E-state index is -0.522. The molecule has 98 valence electrons. The van der Waals surface area contributed by atoms with Crippen molar-refractivity contribution in [1.29, 1.82) is 0 Å². The highest BCUT2D eigenvalue weighted by molar-refractivity contribution is 5.84. The van der Waals surface area contributed by atoms with Gasteiger partial charge in [0.1, 0.15) is 0 Å². The number of aromatic nitrogens is 2. The summed E-state index contributed by atoms with van der Waals surface area (Å²) in [5.41, 5.74) is 2.73. The molecule has 2 N–H and O–H groups in total. The first-order valence-electron chi connectivity index (χ1n) is 5.62. The molecule has 0 fully saturated rings. The molecule has 2 rings (SSSR count). The minimum absolute atomic E-state index is 0.231. The highest BCUT2D eigenvalue weighted by Gasteiger charge is 2.05. The Morgan fingerprint density at radius 2 is 2.00 bits per heavy atom. The van der Waals surface area contributed by atoms with Gasteiger partial charge >= 0.3 is 6.09 Å². The van der Waals surface area contributed by atoms with Crippen LogP contribution in [0.1, 0.15) is 5.56 Å². The van der Waals surface area contributed by atoms with E-state index in [9.17, 15) is 9.59 Å². The number of nitrogens with zero attached hydrogens (tertiary/aromatic N) is 1. The van der Waals surface area contributed by atoms with Crippen molar-refractivity contribution in [2.24, 2.45) is 0 Å². The highest BCUT2D eigenvalue weighted by atomic mass is 16.5. The Morgan fingerprint density at radius 3 is 2.58 bits per heavy atom. The predicted octanol–water partition coefficient (Wildman–Crippen LogP) is 1.92. The molecule has 1 heterocycles. The molecule has 0 atom stereocenters. The first kappa shape index (κ1) is 12.8. The molecule has 0 saturated heterocycles. The zero-order chi connectivity index (χ0) is 13.8. The number of H-pyrrole nitrogens is 1. The van der Waals surface area contributed by atoms with Crippen LogP contribution in [-0.4, -0.2) is 23.4 Å². The standard InChI is InChI=1S/C13H13N3O3/c1-8-7-11(17)15-16-12(8)9-3-5-10(6-4-9)14-13(18)19-2/h3-7H,1-2H3,(H,14,18)(H,15,17). The topological polar surface area (TPSA) is 84.1 Å². The van der Waals surface area contributed by atoms with Crippen molar-refractivity contribution in [3.05, 3.63) is 46.2 Å². The maximum atomic E-state index is 11.1. The SMILES string of the molecule is COC(=O)Nc1ccc(-c2n[nH]c(=O)cc2C)cc1. The van der Waals surface area contributed by atoms with Gasteiger partial charge in [-0.25, -0.2) is 9.89 Å². The second kappa shape index (κ2) is 5.34. The number of hydrogen-bond donors (Lipinski definition) is 2. The molecule has 19 heavy (non-hydrogen) atoms. The van der Waals surface area contributed by atoms with Gasteiger partial charge in [-0.15, -0.1) is 0 Å². The highest BCUT2D eigenvalue weighted by Crippen LogP contribution is 2.21. The summed E-state index contributed by atoms with van der Waals surface area (Å²) < 4.78 is 4.50. The van der Waals surface area contributed by atoms with Gasteiger partial charge in [-0.1, -0.05) is 12.1 Å². The lowest BCUT2D eigenvalue weighted by Crippen LogP contribution is -2.11. The molecule has 0 spiro atoms. The second-order valence-electron chi connectivity index (χ2n) is 3.96. The summed E-state index contributed by atoms with van der Waals surface area (Å²) >= 11 is 0. The third-order valence-corrected chi connectivity index (χ3v) is 2.59. The molecule has 0 bridgehead atoms. The van der Waals surface area contributed by atoms with Gasteiger partial charge < -0.3 is 4.74 Å². The molecule has 2 aromatic rings. The Bertz CT molecular complexity index is 647. The van der Waals surface area contributed by atoms with Gasteiger partial charge in [-0.3, -0.25) is 10.1 Å². The summed E-state index contributed by atoms with van der Waals surface area (Å²) in [5, 5.41) is 8.96. The number of benzene rings is 1. The Kier molecular flexibility index (Phi) is 3.61. The zero-order valence-electron chi connectivity index (χ0n) is 10.6. The Morgan fingerprint density at radius 1 is 1.32 bits per heavy atom. The molecule has 1 aromatic carbocycles. The maximum Gasteiger partial charge on any atom is 0.411 e. The van der Waals surface area contributed by atoms with E-state index in [1.165, 1.54) is 13.2 Å². The van der Waals surface area contributed by atoms with Crippen molar-refractivity contribution >= 4 is 11.8 Å². The van der Waals surface area contributed by atoms with E-state index in [0.717, 1.165) is 11.1 Å². The number of anilines is 1. The predicted molar refractivity (Wildman–Crippen MR) is 71.1 cm³/mol. The van der Waals surface area contributed by atoms with Crippen LogP contribution in [0.4, 0.5) is 10.5 Å². The fourth-order valence-corrected chi connectivity index (χ4v) is 1.67. The lowest BCUT2D eigenvalue weighted by molar-refractivity contribution is 0.187. The summed E-state index contributed by atoms with van der Waals surface area (Å²) in [7, 11) is 1.30. The van der Waals surface area contributed by atoms with Gasteiger partial charge in [-0.2, -0.15) is 5.10 Å². The number of methoxy groups -OCH3 is 1. The van der Waals surface area contributed by atoms with Gasteiger partial charge in [0.15, 0.2) is 0 Å². The maximum absolute atomic E-state index is 11.1. The molecule has 6 nitrogen and oxygen atoms in total. The van der Waals surface area contributed by atoms with Crippen molar-refractivity contribution in [2.75, 3.05) is 12.4 Å². The van der Waals surface area contributed by atoms with Crippen molar-refractivity contribution in [2.45, 2.75) is 6.92 Å². The van der Waals surface area contributed by atoms with Crippen molar-refractivity contribution in [1.82, 2.24) is 10.2 Å². The Balaban J connectivity index is 2.27. The van der Waals surface area contributed by atoms with Gasteiger partial charge in [0, 0.05) is 17.3 Å². The van der Waals surface area contributed by atoms with E-state index in [4.69, 9.17) is 0 Å². The number of rotatable bonds is 2. The molecule has 0 aliphatic rings. The number of aromatic amines is 1. The van der Waals surface area contributed by atoms with Crippen molar-refractivity contribution in [3.63, 3.8) is 0 Å². The minimum Gasteiger partial charge on any atom is -0.453 e. The fourth-order valence-electron chi connectivity index (χ4n) is 1.67. The monoisotopic (exact) mass is 259 g/mol. The Hall–Kier alpha value is -2.63. The molecule has 1 aromatic heterocycles. The molecular weight excluding hydrogens is 246 g/mol. The number of hydrogen-bond acceptors (Lipinski definition) is 4. The number of amides is 1. The molecule has 0 aliphatic carbocycles. The van der Waals surface area contributed by atoms with Crippen LogP contribution in [-0.2, 0) is 4.74 Å². The number of nitrogens with one attached hydrogen (secondary N) is 2. The number of carbonyl (C=O) groups is 1. The first-order valence-corrected chi connectivity index (χ1v) is 5.62. The quantitative estimate of drug-likeness (QED) is 0.863. The lowest BCUT2D eigenvalue weighted by Gasteiger charge is -2.06. The summed E-state index contributed by atoms with van der Waals surface area (Å²) in [5.74, 6) is 0. The van der Waals surface area contributed by atoms with Crippen LogP contribution in [0.25, 0.3) is 11.3 Å². The van der Waals surface area contributed by atoms with Crippen LogP contribution >= 0.6 is 0 Å². The molecule has 0 saturated carbocycles. The molecule has 6 heteroatoms. The van der Waals surface area contributed by atoms with Crippen LogP contribution < -0.4 is 10.9 Å². The van der Waals surface area contributed by atoms with Crippen molar-refractivity contribution in [3.8, 4) is 11.3 Å². The molecular formula is C13H13N3O3. The third kappa shape index (κ3) is 2.98. The van der Waals surface area contributed by atoms with E-state index in [0.29, 0.717) is 11.4 Å². The second-order valence-corrected chi connectivity index (χ2v) is 3.96. The average Bonchev–Trinajstić information content (AvgIpc) is 2.40. The smallest absolute Gasteiger partial charge is 0.411 e. The zero-order valence-corrected chi connectivity index (χ0v) is 10.6. The summed E-state index contributed by atoms with van der Waals surface area (Å²) in [6, 6.07) is 8.57. The average molecular weight is 259 g/mol. The van der Waals surface area contributed by atoms with Crippen LogP contribution in [0.5, 0.6) is 0 Å². The largest absolute Gasteiger partial charge is 0.453 e. The van der Waals surface area contributed by atoms with E-state index in [1.54, 1.807) is 24.3 Å². The van der Waals surface area contributed by atoms with Crippen LogP contribution in [0.3, 0.4) is 0 Å². The van der Waals surface area contributed by atoms with E-state index in [2.05, 4.69) is 20.3 Å². The van der Waals surface area contributed by atoms with Gasteiger partial charge in [0.05, 0.1) is 12.8 Å². The van der Waals surface area contributed by atoms with E-state index in [-0.39, 0.29) is 5.56 Å². The molecule has 0 unspecified atom stereocenters. The molecule has 0 radical (unpaired) electrons. The van der Waals surface area contributed by atoms with Crippen molar-refractivity contribution < 1.29 is 9.53 Å². The fraction of sp³-hybridized carbons (Fsp3) is 0.154. The number of aryl methyl sites for hydroxylation is 1. The van der Waals surface area contributed by atoms with E-state index in [1.807, 2.05) is 6.92 Å². The van der Waals surface area contributed by atoms with Gasteiger partial charge in [0.2, 0.25) is 0 Å². The Labute approximate surface area is 109 Å². The van der Waals surface area contributed by atoms with Crippen LogP contribution in [0.2, 0.25) is 0 Å². The number of carbonyl (C=O) groups excluding carboxylic acids is 1. The van der Waals surface area contributed by atoms with E-state index >= 15 is 0 Å². The van der Waals surface area contributed by atoms with E-state index < -0.39 is 6.09 Å². The summed E-state index contributed by atoms with van der Waals surface area (Å²) in [4.78, 5) is 22.1. The summed E-state index contributed by atoms with van der Waals surface area (Å²) in [6.45, 7) is 1.82. The summed E-state index contributed by atoms with van der Waals surface area (Å²) in [6.07, 6.45) is -0.522. The van der Waals surface area contributed by atoms with Crippen LogP contribution in [0, 0.1) is 6.92 Å². The number of ether oxygens (including phenoxy) is 1. The molecule has 1 amide bonds. The molecule has 0 aliphatic heterocycles.